The third-order valence-corrected chi connectivity index (χ3v) is 5.23. The number of para-hydroxylation sites is 1. The maximum atomic E-state index is 13.2. The van der Waals surface area contributed by atoms with E-state index < -0.39 is 10.8 Å². The highest BCUT2D eigenvalue weighted by atomic mass is 16.6. The number of nitriles is 1. The van der Waals surface area contributed by atoms with Crippen LogP contribution in [0.1, 0.15) is 29.8 Å². The summed E-state index contributed by atoms with van der Waals surface area (Å²) in [6, 6.07) is 13.7. The molecular weight excluding hydrogens is 384 g/mol. The highest BCUT2D eigenvalue weighted by Gasteiger charge is 2.28. The molecule has 0 spiro atoms. The Kier molecular flexibility index (Phi) is 4.98. The van der Waals surface area contributed by atoms with E-state index in [2.05, 4.69) is 6.07 Å². The van der Waals surface area contributed by atoms with Crippen molar-refractivity contribution in [2.75, 3.05) is 18.0 Å². The van der Waals surface area contributed by atoms with Crippen molar-refractivity contribution >= 4 is 28.2 Å². The number of hydrogen-bond donors (Lipinski definition) is 0. The van der Waals surface area contributed by atoms with Gasteiger partial charge in [-0.25, -0.2) is 0 Å². The molecule has 1 aromatic heterocycles. The monoisotopic (exact) mass is 404 g/mol. The Morgan fingerprint density at radius 1 is 1.20 bits per heavy atom. The van der Waals surface area contributed by atoms with E-state index in [1.165, 1.54) is 16.8 Å². The van der Waals surface area contributed by atoms with E-state index in [1.54, 1.807) is 36.4 Å². The second kappa shape index (κ2) is 7.61. The van der Waals surface area contributed by atoms with Gasteiger partial charge in [0, 0.05) is 36.3 Å². The Balaban J connectivity index is 1.76. The molecule has 8 nitrogen and oxygen atoms in total. The Hall–Kier alpha value is -3.70. The minimum Gasteiger partial charge on any atom is -0.372 e. The van der Waals surface area contributed by atoms with Gasteiger partial charge in [0.05, 0.1) is 28.2 Å². The number of aromatic nitrogens is 1. The van der Waals surface area contributed by atoms with Gasteiger partial charge in [-0.15, -0.1) is 0 Å². The van der Waals surface area contributed by atoms with Gasteiger partial charge < -0.3 is 9.64 Å². The van der Waals surface area contributed by atoms with E-state index in [0.29, 0.717) is 35.2 Å². The standard InChI is InChI=1S/C22H20N4O4/c1-14-11-24(12-15(2)30-14)20-8-7-16(9-21(20)26(28)29)22(27)25-13-17(10-23)18-5-3-4-6-19(18)25/h3-9,13-15H,11-12H2,1-2H3/t14-,15-/m1/s1. The van der Waals surface area contributed by atoms with Crippen LogP contribution in [0.15, 0.2) is 48.7 Å². The summed E-state index contributed by atoms with van der Waals surface area (Å²) < 4.78 is 7.08. The largest absolute Gasteiger partial charge is 0.372 e. The van der Waals surface area contributed by atoms with Crippen LogP contribution in [0.3, 0.4) is 0 Å². The number of anilines is 1. The quantitative estimate of drug-likeness (QED) is 0.487. The van der Waals surface area contributed by atoms with Crippen LogP contribution in [0.2, 0.25) is 0 Å². The molecule has 1 saturated heterocycles. The fraction of sp³-hybridized carbons (Fsp3) is 0.273. The molecule has 2 atom stereocenters. The fourth-order valence-electron chi connectivity index (χ4n) is 4.02. The molecule has 1 aliphatic heterocycles. The molecule has 0 N–H and O–H groups in total. The fourth-order valence-corrected chi connectivity index (χ4v) is 4.02. The molecule has 30 heavy (non-hydrogen) atoms. The zero-order valence-electron chi connectivity index (χ0n) is 16.6. The summed E-state index contributed by atoms with van der Waals surface area (Å²) in [6.45, 7) is 4.92. The van der Waals surface area contributed by atoms with Crippen LogP contribution in [0.5, 0.6) is 0 Å². The van der Waals surface area contributed by atoms with E-state index in [9.17, 15) is 20.2 Å². The third-order valence-electron chi connectivity index (χ3n) is 5.23. The molecular formula is C22H20N4O4. The molecule has 0 radical (unpaired) electrons. The highest BCUT2D eigenvalue weighted by Crippen LogP contribution is 2.32. The number of nitro benzene ring substituents is 1. The van der Waals surface area contributed by atoms with E-state index in [0.717, 1.165) is 0 Å². The first-order chi connectivity index (χ1) is 14.4. The average molecular weight is 404 g/mol. The smallest absolute Gasteiger partial charge is 0.293 e. The molecule has 2 aromatic carbocycles. The summed E-state index contributed by atoms with van der Waals surface area (Å²) in [6.07, 6.45) is 1.37. The Bertz CT molecular complexity index is 1180. The van der Waals surface area contributed by atoms with Crippen molar-refractivity contribution in [3.8, 4) is 6.07 Å². The van der Waals surface area contributed by atoms with Crippen LogP contribution in [0.25, 0.3) is 10.9 Å². The molecule has 2 heterocycles. The zero-order chi connectivity index (χ0) is 21.4. The second-order valence-electron chi connectivity index (χ2n) is 7.47. The van der Waals surface area contributed by atoms with Crippen LogP contribution >= 0.6 is 0 Å². The topological polar surface area (TPSA) is 101 Å². The van der Waals surface area contributed by atoms with Crippen LogP contribution in [0, 0.1) is 21.4 Å². The summed E-state index contributed by atoms with van der Waals surface area (Å²) in [5.41, 5.74) is 1.49. The van der Waals surface area contributed by atoms with Crippen LogP contribution in [0.4, 0.5) is 11.4 Å². The summed E-state index contributed by atoms with van der Waals surface area (Å²) in [7, 11) is 0. The summed E-state index contributed by atoms with van der Waals surface area (Å²) in [5, 5.41) is 21.8. The molecule has 3 aromatic rings. The summed E-state index contributed by atoms with van der Waals surface area (Å²) in [5.74, 6) is -0.425. The molecule has 4 rings (SSSR count). The number of nitro groups is 1. The van der Waals surface area contributed by atoms with Gasteiger partial charge in [0.1, 0.15) is 11.8 Å². The number of benzene rings is 2. The SMILES string of the molecule is C[C@@H]1CN(c2ccc(C(=O)n3cc(C#N)c4ccccc43)cc2[N+](=O)[O-])C[C@@H](C)O1. The maximum absolute atomic E-state index is 13.2. The van der Waals surface area contributed by atoms with Gasteiger partial charge in [-0.05, 0) is 32.0 Å². The number of ether oxygens (including phenoxy) is 1. The average Bonchev–Trinajstić information content (AvgIpc) is 3.11. The van der Waals surface area contributed by atoms with Gasteiger partial charge in [0.15, 0.2) is 0 Å². The maximum Gasteiger partial charge on any atom is 0.293 e. The molecule has 1 fully saturated rings. The van der Waals surface area contributed by atoms with Crippen LogP contribution < -0.4 is 4.90 Å². The first-order valence-electron chi connectivity index (χ1n) is 9.62. The van der Waals surface area contributed by atoms with Crippen molar-refractivity contribution in [1.82, 2.24) is 4.57 Å². The Morgan fingerprint density at radius 3 is 2.57 bits per heavy atom. The minimum atomic E-state index is -0.467. The van der Waals surface area contributed by atoms with Crippen molar-refractivity contribution in [2.45, 2.75) is 26.1 Å². The molecule has 0 bridgehead atoms. The molecule has 0 unspecified atom stereocenters. The van der Waals surface area contributed by atoms with E-state index in [1.807, 2.05) is 18.7 Å². The van der Waals surface area contributed by atoms with Gasteiger partial charge in [0.2, 0.25) is 0 Å². The van der Waals surface area contributed by atoms with Gasteiger partial charge in [-0.1, -0.05) is 18.2 Å². The van der Waals surface area contributed by atoms with Gasteiger partial charge in [-0.3, -0.25) is 19.5 Å². The number of carbonyl (C=O) groups is 1. The number of nitrogens with zero attached hydrogens (tertiary/aromatic N) is 4. The lowest BCUT2D eigenvalue weighted by Crippen LogP contribution is -2.45. The van der Waals surface area contributed by atoms with Crippen molar-refractivity contribution in [3.63, 3.8) is 0 Å². The normalized spacial score (nSPS) is 18.9. The molecule has 1 aliphatic rings. The number of hydrogen-bond acceptors (Lipinski definition) is 6. The first-order valence-corrected chi connectivity index (χ1v) is 9.62. The summed E-state index contributed by atoms with van der Waals surface area (Å²) >= 11 is 0. The molecule has 0 saturated carbocycles. The van der Waals surface area contributed by atoms with E-state index >= 15 is 0 Å². The molecule has 0 aliphatic carbocycles. The van der Waals surface area contributed by atoms with Gasteiger partial charge >= 0.3 is 0 Å². The first kappa shape index (κ1) is 19.6. The molecule has 152 valence electrons. The predicted octanol–water partition coefficient (Wildman–Crippen LogP) is 3.72. The minimum absolute atomic E-state index is 0.0506. The number of fused-ring (bicyclic) bond motifs is 1. The van der Waals surface area contributed by atoms with Gasteiger partial charge in [-0.2, -0.15) is 5.26 Å². The summed E-state index contributed by atoms with van der Waals surface area (Å²) in [4.78, 5) is 26.4. The Morgan fingerprint density at radius 2 is 1.90 bits per heavy atom. The number of carbonyl (C=O) groups excluding carboxylic acids is 1. The lowest BCUT2D eigenvalue weighted by atomic mass is 10.1. The Labute approximate surface area is 173 Å². The zero-order valence-corrected chi connectivity index (χ0v) is 16.6. The van der Waals surface area contributed by atoms with Crippen molar-refractivity contribution < 1.29 is 14.5 Å². The number of rotatable bonds is 3. The molecule has 8 heteroatoms. The lowest BCUT2D eigenvalue weighted by Gasteiger charge is -2.36. The number of morpholine rings is 1. The van der Waals surface area contributed by atoms with Crippen LogP contribution in [-0.2, 0) is 4.74 Å². The highest BCUT2D eigenvalue weighted by molar-refractivity contribution is 6.04. The second-order valence-corrected chi connectivity index (χ2v) is 7.47. The third kappa shape index (κ3) is 3.40. The van der Waals surface area contributed by atoms with Crippen molar-refractivity contribution in [2.24, 2.45) is 0 Å². The van der Waals surface area contributed by atoms with E-state index in [4.69, 9.17) is 4.74 Å². The van der Waals surface area contributed by atoms with Crippen molar-refractivity contribution in [1.29, 1.82) is 5.26 Å². The van der Waals surface area contributed by atoms with Crippen molar-refractivity contribution in [3.05, 3.63) is 69.9 Å². The molecule has 0 amide bonds. The van der Waals surface area contributed by atoms with E-state index in [-0.39, 0.29) is 23.5 Å². The lowest BCUT2D eigenvalue weighted by molar-refractivity contribution is -0.384. The van der Waals surface area contributed by atoms with Crippen LogP contribution in [-0.4, -0.2) is 40.7 Å². The predicted molar refractivity (Wildman–Crippen MR) is 112 cm³/mol. The van der Waals surface area contributed by atoms with Gasteiger partial charge in [0.25, 0.3) is 11.6 Å².